The quantitative estimate of drug-likeness (QED) is 0.911. The summed E-state index contributed by atoms with van der Waals surface area (Å²) in [4.78, 5) is 10.3. The lowest BCUT2D eigenvalue weighted by atomic mass is 10.1. The van der Waals surface area contributed by atoms with Gasteiger partial charge in [-0.15, -0.1) is 0 Å². The van der Waals surface area contributed by atoms with E-state index in [4.69, 9.17) is 9.47 Å². The van der Waals surface area contributed by atoms with Crippen molar-refractivity contribution in [3.05, 3.63) is 41.8 Å². The number of morpholine rings is 1. The number of anilines is 2. The van der Waals surface area contributed by atoms with E-state index in [9.17, 15) is 4.39 Å². The molecule has 0 unspecified atom stereocenters. The molecule has 122 valence electrons. The molecule has 7 heteroatoms. The van der Waals surface area contributed by atoms with Gasteiger partial charge >= 0.3 is 0 Å². The van der Waals surface area contributed by atoms with Crippen LogP contribution in [0.15, 0.2) is 30.5 Å². The van der Waals surface area contributed by atoms with Crippen molar-refractivity contribution in [2.24, 2.45) is 0 Å². The van der Waals surface area contributed by atoms with Crippen LogP contribution in [0.5, 0.6) is 5.88 Å². The number of benzene rings is 1. The highest BCUT2D eigenvalue weighted by molar-refractivity contribution is 5.50. The summed E-state index contributed by atoms with van der Waals surface area (Å²) < 4.78 is 24.7. The highest BCUT2D eigenvalue weighted by Crippen LogP contribution is 2.22. The second-order valence-corrected chi connectivity index (χ2v) is 5.16. The summed E-state index contributed by atoms with van der Waals surface area (Å²) in [5.74, 6) is 0.705. The number of nitrogens with one attached hydrogen (secondary N) is 1. The summed E-state index contributed by atoms with van der Waals surface area (Å²) in [7, 11) is 1.55. The van der Waals surface area contributed by atoms with Crippen LogP contribution in [-0.2, 0) is 11.3 Å². The number of hydrogen-bond donors (Lipinski definition) is 1. The van der Waals surface area contributed by atoms with Gasteiger partial charge in [0.1, 0.15) is 5.82 Å². The van der Waals surface area contributed by atoms with E-state index in [0.717, 1.165) is 5.56 Å². The first kappa shape index (κ1) is 15.5. The molecule has 23 heavy (non-hydrogen) atoms. The van der Waals surface area contributed by atoms with Crippen molar-refractivity contribution in [2.75, 3.05) is 43.6 Å². The number of rotatable bonds is 5. The fourth-order valence-corrected chi connectivity index (χ4v) is 2.44. The number of methoxy groups -OCH3 is 1. The molecule has 0 atom stereocenters. The van der Waals surface area contributed by atoms with Crippen LogP contribution in [0.1, 0.15) is 5.56 Å². The van der Waals surface area contributed by atoms with Gasteiger partial charge in [-0.05, 0) is 17.7 Å². The van der Waals surface area contributed by atoms with Gasteiger partial charge in [0, 0.05) is 31.9 Å². The van der Waals surface area contributed by atoms with Crippen LogP contribution < -0.4 is 15.0 Å². The largest absolute Gasteiger partial charge is 0.481 e. The van der Waals surface area contributed by atoms with Crippen LogP contribution in [0.25, 0.3) is 0 Å². The van der Waals surface area contributed by atoms with Crippen LogP contribution in [-0.4, -0.2) is 43.4 Å². The van der Waals surface area contributed by atoms with Gasteiger partial charge in [-0.2, -0.15) is 4.98 Å². The maximum Gasteiger partial charge on any atom is 0.226 e. The van der Waals surface area contributed by atoms with E-state index in [1.54, 1.807) is 19.4 Å². The first-order chi connectivity index (χ1) is 11.3. The Morgan fingerprint density at radius 2 is 2.13 bits per heavy atom. The van der Waals surface area contributed by atoms with Gasteiger partial charge in [0.2, 0.25) is 11.8 Å². The van der Waals surface area contributed by atoms with Crippen LogP contribution in [0, 0.1) is 5.82 Å². The predicted molar refractivity (Wildman–Crippen MR) is 85.3 cm³/mol. The van der Waals surface area contributed by atoms with E-state index in [2.05, 4.69) is 15.3 Å². The second-order valence-electron chi connectivity index (χ2n) is 5.16. The van der Waals surface area contributed by atoms with Gasteiger partial charge in [-0.1, -0.05) is 6.07 Å². The van der Waals surface area contributed by atoms with E-state index >= 15 is 0 Å². The summed E-state index contributed by atoms with van der Waals surface area (Å²) in [5, 5.41) is 3.06. The topological polar surface area (TPSA) is 59.5 Å². The van der Waals surface area contributed by atoms with Gasteiger partial charge in [-0.3, -0.25) is 0 Å². The number of aromatic nitrogens is 2. The molecule has 1 aromatic heterocycles. The molecule has 2 heterocycles. The average molecular weight is 318 g/mol. The zero-order valence-corrected chi connectivity index (χ0v) is 13.0. The molecule has 0 bridgehead atoms. The summed E-state index contributed by atoms with van der Waals surface area (Å²) in [6, 6.07) is 6.92. The maximum atomic E-state index is 14.3. The molecule has 1 saturated heterocycles. The minimum atomic E-state index is -0.224. The lowest BCUT2D eigenvalue weighted by molar-refractivity contribution is 0.122. The van der Waals surface area contributed by atoms with Crippen molar-refractivity contribution in [2.45, 2.75) is 6.54 Å². The zero-order chi connectivity index (χ0) is 16.1. The Morgan fingerprint density at radius 3 is 2.87 bits per heavy atom. The highest BCUT2D eigenvalue weighted by atomic mass is 19.1. The number of halogens is 1. The summed E-state index contributed by atoms with van der Waals surface area (Å²) in [5.41, 5.74) is 1.45. The molecule has 0 spiro atoms. The van der Waals surface area contributed by atoms with Crippen LogP contribution >= 0.6 is 0 Å². The molecule has 0 radical (unpaired) electrons. The molecule has 0 saturated carbocycles. The second kappa shape index (κ2) is 7.23. The van der Waals surface area contributed by atoms with Crippen molar-refractivity contribution in [1.82, 2.24) is 9.97 Å². The summed E-state index contributed by atoms with van der Waals surface area (Å²) >= 11 is 0. The number of ether oxygens (including phenoxy) is 2. The third-order valence-electron chi connectivity index (χ3n) is 3.65. The molecule has 1 N–H and O–H groups in total. The van der Waals surface area contributed by atoms with Crippen LogP contribution in [0.2, 0.25) is 0 Å². The van der Waals surface area contributed by atoms with E-state index in [-0.39, 0.29) is 5.82 Å². The monoisotopic (exact) mass is 318 g/mol. The van der Waals surface area contributed by atoms with Crippen LogP contribution in [0.3, 0.4) is 0 Å². The molecule has 0 aliphatic carbocycles. The Hall–Kier alpha value is -2.41. The Kier molecular flexibility index (Phi) is 4.87. The number of nitrogens with zero attached hydrogens (tertiary/aromatic N) is 3. The Morgan fingerprint density at radius 1 is 1.30 bits per heavy atom. The lowest BCUT2D eigenvalue weighted by Crippen LogP contribution is -2.36. The normalized spacial score (nSPS) is 14.6. The molecular weight excluding hydrogens is 299 g/mol. The van der Waals surface area contributed by atoms with Crippen LogP contribution in [0.4, 0.5) is 16.0 Å². The summed E-state index contributed by atoms with van der Waals surface area (Å²) in [6.45, 7) is 3.14. The molecule has 0 amide bonds. The molecular formula is C16H19FN4O2. The fourth-order valence-electron chi connectivity index (χ4n) is 2.44. The lowest BCUT2D eigenvalue weighted by Gasteiger charge is -2.29. The summed E-state index contributed by atoms with van der Waals surface area (Å²) in [6.07, 6.45) is 1.61. The minimum absolute atomic E-state index is 0.224. The molecule has 1 aromatic carbocycles. The highest BCUT2D eigenvalue weighted by Gasteiger charge is 2.15. The standard InChI is InChI=1S/C16H19FN4O2/c1-22-15-4-5-18-16(20-15)19-11-12-2-3-14(13(17)10-12)21-6-8-23-9-7-21/h2-5,10H,6-9,11H2,1H3,(H,18,19,20). The van der Waals surface area contributed by atoms with E-state index in [1.165, 1.54) is 6.07 Å². The molecule has 2 aromatic rings. The Balaban J connectivity index is 1.65. The van der Waals surface area contributed by atoms with Gasteiger partial charge in [0.05, 0.1) is 26.0 Å². The first-order valence-electron chi connectivity index (χ1n) is 7.48. The fraction of sp³-hybridized carbons (Fsp3) is 0.375. The molecule has 1 aliphatic heterocycles. The molecule has 1 aliphatic rings. The average Bonchev–Trinajstić information content (AvgIpc) is 2.61. The number of hydrogen-bond acceptors (Lipinski definition) is 6. The van der Waals surface area contributed by atoms with Crippen molar-refractivity contribution >= 4 is 11.6 Å². The third-order valence-corrected chi connectivity index (χ3v) is 3.65. The molecule has 1 fully saturated rings. The van der Waals surface area contributed by atoms with E-state index < -0.39 is 0 Å². The van der Waals surface area contributed by atoms with Crippen molar-refractivity contribution in [1.29, 1.82) is 0 Å². The molecule has 6 nitrogen and oxygen atoms in total. The SMILES string of the molecule is COc1ccnc(NCc2ccc(N3CCOCC3)c(F)c2)n1. The smallest absolute Gasteiger partial charge is 0.226 e. The van der Waals surface area contributed by atoms with Gasteiger partial charge in [0.25, 0.3) is 0 Å². The van der Waals surface area contributed by atoms with Crippen molar-refractivity contribution in [3.63, 3.8) is 0 Å². The van der Waals surface area contributed by atoms with E-state index in [1.807, 2.05) is 17.0 Å². The third kappa shape index (κ3) is 3.87. The van der Waals surface area contributed by atoms with Crippen molar-refractivity contribution < 1.29 is 13.9 Å². The zero-order valence-electron chi connectivity index (χ0n) is 13.0. The van der Waals surface area contributed by atoms with E-state index in [0.29, 0.717) is 50.4 Å². The molecule has 3 rings (SSSR count). The van der Waals surface area contributed by atoms with Gasteiger partial charge in [-0.25, -0.2) is 9.37 Å². The Bertz CT molecular complexity index is 662. The van der Waals surface area contributed by atoms with Gasteiger partial charge < -0.3 is 19.7 Å². The van der Waals surface area contributed by atoms with Gasteiger partial charge in [0.15, 0.2) is 0 Å². The first-order valence-corrected chi connectivity index (χ1v) is 7.48. The maximum absolute atomic E-state index is 14.3. The van der Waals surface area contributed by atoms with Crippen molar-refractivity contribution in [3.8, 4) is 5.88 Å². The minimum Gasteiger partial charge on any atom is -0.481 e. The predicted octanol–water partition coefficient (Wildman–Crippen LogP) is 2.07. The Labute approximate surface area is 134 Å².